The maximum absolute atomic E-state index is 12.2. The molecule has 0 unspecified atom stereocenters. The Labute approximate surface area is 218 Å². The summed E-state index contributed by atoms with van der Waals surface area (Å²) < 4.78 is 22.0. The molecule has 0 radical (unpaired) electrons. The fraction of sp³-hybridized carbons (Fsp3) is 0.708. The van der Waals surface area contributed by atoms with Gasteiger partial charge in [-0.1, -0.05) is 19.8 Å². The summed E-state index contributed by atoms with van der Waals surface area (Å²) in [5.74, 6) is -1.81. The van der Waals surface area contributed by atoms with Crippen molar-refractivity contribution in [2.45, 2.75) is 94.0 Å². The first kappa shape index (κ1) is 30.4. The Morgan fingerprint density at radius 1 is 0.789 bits per heavy atom. The van der Waals surface area contributed by atoms with Gasteiger partial charge in [0.2, 0.25) is 12.6 Å². The molecule has 0 amide bonds. The zero-order valence-corrected chi connectivity index (χ0v) is 20.7. The number of aliphatic hydroxyl groups excluding tert-OH is 8. The maximum atomic E-state index is 12.2. The SMILES string of the molecule is CCCCCc1cc(O[C@@H]2O[C@H](CO)[C@@H](O)[C@H](O)[C@H]2O)cc(O[C@@H]2O[C@H](CO)[C@@H](O)[C@H](O)[C@H]2O)c1C(=O)O. The summed E-state index contributed by atoms with van der Waals surface area (Å²) in [4.78, 5) is 12.2. The quantitative estimate of drug-likeness (QED) is 0.130. The van der Waals surface area contributed by atoms with Crippen molar-refractivity contribution in [2.24, 2.45) is 0 Å². The van der Waals surface area contributed by atoms with Crippen molar-refractivity contribution in [1.82, 2.24) is 0 Å². The summed E-state index contributed by atoms with van der Waals surface area (Å²) in [5, 5.41) is 89.8. The molecule has 2 fully saturated rings. The van der Waals surface area contributed by atoms with E-state index in [1.54, 1.807) is 0 Å². The number of ether oxygens (including phenoxy) is 4. The maximum Gasteiger partial charge on any atom is 0.339 e. The molecular formula is C24H36O14. The summed E-state index contributed by atoms with van der Waals surface area (Å²) in [6.07, 6.45) is -13.6. The molecule has 2 aliphatic heterocycles. The van der Waals surface area contributed by atoms with Gasteiger partial charge in [-0.05, 0) is 24.5 Å². The number of aryl methyl sites for hydroxylation is 1. The molecule has 10 atom stereocenters. The second-order valence-electron chi connectivity index (χ2n) is 9.35. The summed E-state index contributed by atoms with van der Waals surface area (Å²) in [6.45, 7) is 0.556. The standard InChI is InChI=1S/C24H36O14/c1-2-3-4-5-10-6-11(35-23-20(31)18(29)16(27)13(8-25)37-23)7-12(15(10)22(33)34)36-24-21(32)19(30)17(28)14(9-26)38-24/h6-7,13-14,16-21,23-32H,2-5,8-9H2,1H3,(H,33,34)/t13-,14-,16-,17-,18+,19+,20-,21-,23-,24-/m1/s1. The van der Waals surface area contributed by atoms with Crippen molar-refractivity contribution < 1.29 is 69.7 Å². The Morgan fingerprint density at radius 3 is 1.79 bits per heavy atom. The molecule has 38 heavy (non-hydrogen) atoms. The Balaban J connectivity index is 1.98. The molecular weight excluding hydrogens is 512 g/mol. The number of hydrogen-bond donors (Lipinski definition) is 9. The highest BCUT2D eigenvalue weighted by molar-refractivity contribution is 5.93. The minimum Gasteiger partial charge on any atom is -0.478 e. The molecule has 0 bridgehead atoms. The molecule has 0 aliphatic carbocycles. The van der Waals surface area contributed by atoms with Crippen LogP contribution in [0.3, 0.4) is 0 Å². The van der Waals surface area contributed by atoms with Gasteiger partial charge in [-0.2, -0.15) is 0 Å². The molecule has 14 heteroatoms. The van der Waals surface area contributed by atoms with Crippen molar-refractivity contribution in [1.29, 1.82) is 0 Å². The Bertz CT molecular complexity index is 924. The molecule has 9 N–H and O–H groups in total. The second kappa shape index (κ2) is 13.3. The third kappa shape index (κ3) is 6.54. The molecule has 3 rings (SSSR count). The van der Waals surface area contributed by atoms with Crippen molar-refractivity contribution in [3.8, 4) is 11.5 Å². The van der Waals surface area contributed by atoms with Crippen molar-refractivity contribution in [2.75, 3.05) is 13.2 Å². The summed E-state index contributed by atoms with van der Waals surface area (Å²) >= 11 is 0. The summed E-state index contributed by atoms with van der Waals surface area (Å²) in [7, 11) is 0. The summed E-state index contributed by atoms with van der Waals surface area (Å²) in [5.41, 5.74) is -0.0353. The largest absolute Gasteiger partial charge is 0.478 e. The summed E-state index contributed by atoms with van der Waals surface area (Å²) in [6, 6.07) is 2.48. The number of hydrogen-bond acceptors (Lipinski definition) is 13. The van der Waals surface area contributed by atoms with E-state index in [0.717, 1.165) is 18.9 Å². The number of aromatic carboxylic acids is 1. The lowest BCUT2D eigenvalue weighted by Gasteiger charge is -2.40. The van der Waals surface area contributed by atoms with E-state index in [9.17, 15) is 50.8 Å². The van der Waals surface area contributed by atoms with E-state index in [-0.39, 0.29) is 29.0 Å². The van der Waals surface area contributed by atoms with Crippen LogP contribution in [0.15, 0.2) is 12.1 Å². The van der Waals surface area contributed by atoms with Crippen LogP contribution in [0.1, 0.15) is 42.1 Å². The first-order valence-electron chi connectivity index (χ1n) is 12.4. The van der Waals surface area contributed by atoms with E-state index >= 15 is 0 Å². The van der Waals surface area contributed by atoms with Crippen LogP contribution in [-0.2, 0) is 15.9 Å². The lowest BCUT2D eigenvalue weighted by atomic mass is 9.98. The smallest absolute Gasteiger partial charge is 0.339 e. The van der Waals surface area contributed by atoms with Gasteiger partial charge in [-0.25, -0.2) is 4.79 Å². The van der Waals surface area contributed by atoms with Gasteiger partial charge in [0, 0.05) is 6.07 Å². The molecule has 0 aromatic heterocycles. The Hall–Kier alpha value is -2.11. The number of unbranched alkanes of at least 4 members (excludes halogenated alkanes) is 2. The monoisotopic (exact) mass is 548 g/mol. The van der Waals surface area contributed by atoms with Gasteiger partial charge in [0.1, 0.15) is 65.9 Å². The number of carbonyl (C=O) groups is 1. The van der Waals surface area contributed by atoms with Gasteiger partial charge in [-0.3, -0.25) is 0 Å². The first-order valence-corrected chi connectivity index (χ1v) is 12.4. The van der Waals surface area contributed by atoms with Crippen LogP contribution in [0.4, 0.5) is 0 Å². The minimum atomic E-state index is -1.81. The van der Waals surface area contributed by atoms with Crippen LogP contribution in [0.2, 0.25) is 0 Å². The lowest BCUT2D eigenvalue weighted by molar-refractivity contribution is -0.278. The van der Waals surface area contributed by atoms with Crippen LogP contribution in [0.5, 0.6) is 11.5 Å². The average molecular weight is 549 g/mol. The van der Waals surface area contributed by atoms with Crippen molar-refractivity contribution in [3.63, 3.8) is 0 Å². The zero-order valence-electron chi connectivity index (χ0n) is 20.7. The van der Waals surface area contributed by atoms with Crippen molar-refractivity contribution >= 4 is 5.97 Å². The molecule has 2 heterocycles. The van der Waals surface area contributed by atoms with Crippen LogP contribution >= 0.6 is 0 Å². The van der Waals surface area contributed by atoms with E-state index in [0.29, 0.717) is 6.42 Å². The zero-order chi connectivity index (χ0) is 28.1. The Kier molecular flexibility index (Phi) is 10.7. The molecule has 216 valence electrons. The highest BCUT2D eigenvalue weighted by atomic mass is 16.7. The topological polar surface area (TPSA) is 236 Å². The molecule has 1 aromatic carbocycles. The highest BCUT2D eigenvalue weighted by Gasteiger charge is 2.46. The molecule has 0 spiro atoms. The van der Waals surface area contributed by atoms with E-state index in [1.165, 1.54) is 6.07 Å². The van der Waals surface area contributed by atoms with E-state index in [1.807, 2.05) is 6.92 Å². The Morgan fingerprint density at radius 2 is 1.32 bits per heavy atom. The fourth-order valence-corrected chi connectivity index (χ4v) is 4.40. The molecule has 14 nitrogen and oxygen atoms in total. The number of carboxylic acids is 1. The highest BCUT2D eigenvalue weighted by Crippen LogP contribution is 2.35. The first-order chi connectivity index (χ1) is 18.0. The second-order valence-corrected chi connectivity index (χ2v) is 9.35. The third-order valence-corrected chi connectivity index (χ3v) is 6.61. The van der Waals surface area contributed by atoms with Crippen LogP contribution in [0.25, 0.3) is 0 Å². The van der Waals surface area contributed by atoms with E-state index in [2.05, 4.69) is 0 Å². The predicted molar refractivity (Wildman–Crippen MR) is 125 cm³/mol. The van der Waals surface area contributed by atoms with Gasteiger partial charge in [0.05, 0.1) is 13.2 Å². The third-order valence-electron chi connectivity index (χ3n) is 6.61. The van der Waals surface area contributed by atoms with E-state index < -0.39 is 80.6 Å². The molecule has 1 aromatic rings. The van der Waals surface area contributed by atoms with Crippen molar-refractivity contribution in [3.05, 3.63) is 23.3 Å². The van der Waals surface area contributed by atoms with E-state index in [4.69, 9.17) is 18.9 Å². The van der Waals surface area contributed by atoms with Gasteiger partial charge in [0.25, 0.3) is 0 Å². The molecule has 2 aliphatic rings. The number of rotatable bonds is 11. The number of aliphatic hydroxyl groups is 8. The predicted octanol–water partition coefficient (Wildman–Crippen LogP) is -2.53. The molecule has 2 saturated heterocycles. The average Bonchev–Trinajstić information content (AvgIpc) is 2.89. The molecule has 0 saturated carbocycles. The lowest BCUT2D eigenvalue weighted by Crippen LogP contribution is -2.60. The van der Waals surface area contributed by atoms with Gasteiger partial charge in [-0.15, -0.1) is 0 Å². The van der Waals surface area contributed by atoms with Crippen LogP contribution in [0, 0.1) is 0 Å². The van der Waals surface area contributed by atoms with Crippen LogP contribution in [-0.4, -0.2) is 127 Å². The number of benzene rings is 1. The minimum absolute atomic E-state index is 0.0783. The van der Waals surface area contributed by atoms with Crippen LogP contribution < -0.4 is 9.47 Å². The van der Waals surface area contributed by atoms with Gasteiger partial charge < -0.3 is 64.9 Å². The normalized spacial score (nSPS) is 35.6. The van der Waals surface area contributed by atoms with Gasteiger partial charge in [0.15, 0.2) is 0 Å². The fourth-order valence-electron chi connectivity index (χ4n) is 4.40. The number of carboxylic acid groups (broad SMARTS) is 1. The van der Waals surface area contributed by atoms with Gasteiger partial charge >= 0.3 is 5.97 Å².